The Hall–Kier alpha value is -0.930. The first-order valence-corrected chi connectivity index (χ1v) is 4.64. The van der Waals surface area contributed by atoms with Crippen LogP contribution in [0.1, 0.15) is 0 Å². The average molecular weight is 197 g/mol. The lowest BCUT2D eigenvalue weighted by molar-refractivity contribution is 1.28. The van der Waals surface area contributed by atoms with Gasteiger partial charge in [0.2, 0.25) is 0 Å². The fraction of sp³-hybridized carbons (Fsp3) is 0. The number of hydrogen-bond acceptors (Lipinski definition) is 3. The van der Waals surface area contributed by atoms with Gasteiger partial charge in [-0.2, -0.15) is 0 Å². The third-order valence-corrected chi connectivity index (χ3v) is 2.38. The van der Waals surface area contributed by atoms with Crippen LogP contribution in [0.25, 0.3) is 11.4 Å². The van der Waals surface area contributed by atoms with E-state index in [1.807, 2.05) is 23.6 Å². The van der Waals surface area contributed by atoms with Crippen molar-refractivity contribution in [2.45, 2.75) is 0 Å². The summed E-state index contributed by atoms with van der Waals surface area (Å²) in [4.78, 5) is 8.25. The zero-order chi connectivity index (χ0) is 8.39. The molecule has 0 bridgehead atoms. The second kappa shape index (κ2) is 3.21. The Bertz CT molecular complexity index is 372. The maximum atomic E-state index is 5.69. The Morgan fingerprint density at radius 1 is 1.25 bits per heavy atom. The molecule has 12 heavy (non-hydrogen) atoms. The van der Waals surface area contributed by atoms with Crippen LogP contribution in [-0.2, 0) is 0 Å². The Labute approximate surface area is 78.9 Å². The van der Waals surface area contributed by atoms with Crippen LogP contribution in [0.5, 0.6) is 0 Å². The van der Waals surface area contributed by atoms with Gasteiger partial charge in [0.15, 0.2) is 4.47 Å². The summed E-state index contributed by atoms with van der Waals surface area (Å²) in [6, 6.07) is 5.71. The van der Waals surface area contributed by atoms with Gasteiger partial charge in [0, 0.05) is 11.6 Å². The van der Waals surface area contributed by atoms with Gasteiger partial charge >= 0.3 is 0 Å². The van der Waals surface area contributed by atoms with E-state index in [0.29, 0.717) is 4.47 Å². The standard InChI is InChI=1S/C8H5ClN2S/c9-8-11-7(5-12-8)6-3-1-2-4-10-6/h1-5H. The molecule has 0 N–H and O–H groups in total. The molecule has 2 nitrogen and oxygen atoms in total. The normalized spacial score (nSPS) is 10.1. The highest BCUT2D eigenvalue weighted by atomic mass is 35.5. The molecule has 2 heterocycles. The number of halogens is 1. The van der Waals surface area contributed by atoms with E-state index in [0.717, 1.165) is 11.4 Å². The van der Waals surface area contributed by atoms with E-state index in [1.165, 1.54) is 11.3 Å². The van der Waals surface area contributed by atoms with E-state index in [9.17, 15) is 0 Å². The SMILES string of the molecule is Clc1nc(-c2ccccn2)cs1. The summed E-state index contributed by atoms with van der Waals surface area (Å²) in [7, 11) is 0. The molecule has 0 aliphatic rings. The molecule has 0 aliphatic carbocycles. The van der Waals surface area contributed by atoms with Gasteiger partial charge in [-0.1, -0.05) is 17.7 Å². The van der Waals surface area contributed by atoms with Crippen molar-refractivity contribution in [1.82, 2.24) is 9.97 Å². The highest BCUT2D eigenvalue weighted by Crippen LogP contribution is 2.22. The zero-order valence-corrected chi connectivity index (χ0v) is 7.64. The second-order valence-electron chi connectivity index (χ2n) is 2.20. The van der Waals surface area contributed by atoms with Gasteiger partial charge in [0.25, 0.3) is 0 Å². The molecule has 2 aromatic heterocycles. The molecule has 0 atom stereocenters. The van der Waals surface area contributed by atoms with Gasteiger partial charge in [-0.05, 0) is 12.1 Å². The van der Waals surface area contributed by atoms with Crippen molar-refractivity contribution in [2.75, 3.05) is 0 Å². The summed E-state index contributed by atoms with van der Waals surface area (Å²) in [5.41, 5.74) is 1.70. The summed E-state index contributed by atoms with van der Waals surface area (Å²) in [5.74, 6) is 0. The van der Waals surface area contributed by atoms with Crippen molar-refractivity contribution in [2.24, 2.45) is 0 Å². The monoisotopic (exact) mass is 196 g/mol. The molecule has 0 amide bonds. The quantitative estimate of drug-likeness (QED) is 0.701. The minimum Gasteiger partial charge on any atom is -0.255 e. The van der Waals surface area contributed by atoms with Gasteiger partial charge in [-0.3, -0.25) is 4.98 Å². The van der Waals surface area contributed by atoms with Crippen molar-refractivity contribution in [3.05, 3.63) is 34.2 Å². The van der Waals surface area contributed by atoms with Crippen LogP contribution in [0, 0.1) is 0 Å². The predicted octanol–water partition coefficient (Wildman–Crippen LogP) is 2.86. The molecule has 4 heteroatoms. The van der Waals surface area contributed by atoms with Crippen LogP contribution in [-0.4, -0.2) is 9.97 Å². The third kappa shape index (κ3) is 1.47. The lowest BCUT2D eigenvalue weighted by atomic mass is 10.3. The summed E-state index contributed by atoms with van der Waals surface area (Å²) < 4.78 is 0.552. The number of nitrogens with zero attached hydrogens (tertiary/aromatic N) is 2. The van der Waals surface area contributed by atoms with Crippen molar-refractivity contribution in [3.63, 3.8) is 0 Å². The lowest BCUT2D eigenvalue weighted by Crippen LogP contribution is -1.80. The van der Waals surface area contributed by atoms with Crippen LogP contribution in [0.2, 0.25) is 4.47 Å². The van der Waals surface area contributed by atoms with Crippen molar-refractivity contribution in [1.29, 1.82) is 0 Å². The first-order valence-electron chi connectivity index (χ1n) is 3.39. The summed E-state index contributed by atoms with van der Waals surface area (Å²) in [5, 5.41) is 1.89. The number of thiazole rings is 1. The molecular weight excluding hydrogens is 192 g/mol. The number of pyridine rings is 1. The summed E-state index contributed by atoms with van der Waals surface area (Å²) in [6.45, 7) is 0. The topological polar surface area (TPSA) is 25.8 Å². The summed E-state index contributed by atoms with van der Waals surface area (Å²) in [6.07, 6.45) is 1.74. The zero-order valence-electron chi connectivity index (χ0n) is 6.07. The fourth-order valence-electron chi connectivity index (χ4n) is 0.884. The molecule has 0 radical (unpaired) electrons. The van der Waals surface area contributed by atoms with Crippen LogP contribution in [0.15, 0.2) is 29.8 Å². The Kier molecular flexibility index (Phi) is 2.06. The maximum Gasteiger partial charge on any atom is 0.184 e. The lowest BCUT2D eigenvalue weighted by Gasteiger charge is -1.91. The predicted molar refractivity (Wildman–Crippen MR) is 50.4 cm³/mol. The highest BCUT2D eigenvalue weighted by Gasteiger charge is 2.01. The Morgan fingerprint density at radius 3 is 2.75 bits per heavy atom. The summed E-state index contributed by atoms with van der Waals surface area (Å²) >= 11 is 7.10. The maximum absolute atomic E-state index is 5.69. The van der Waals surface area contributed by atoms with Gasteiger partial charge in [-0.15, -0.1) is 11.3 Å². The number of aromatic nitrogens is 2. The molecule has 0 saturated heterocycles. The van der Waals surface area contributed by atoms with Gasteiger partial charge in [-0.25, -0.2) is 4.98 Å². The molecule has 0 unspecified atom stereocenters. The number of rotatable bonds is 1. The molecule has 0 fully saturated rings. The van der Waals surface area contributed by atoms with E-state index < -0.39 is 0 Å². The van der Waals surface area contributed by atoms with Crippen LogP contribution >= 0.6 is 22.9 Å². The molecule has 0 spiro atoms. The van der Waals surface area contributed by atoms with Crippen LogP contribution < -0.4 is 0 Å². The van der Waals surface area contributed by atoms with Crippen molar-refractivity contribution < 1.29 is 0 Å². The first kappa shape index (κ1) is 7.71. The van der Waals surface area contributed by atoms with E-state index in [1.54, 1.807) is 6.20 Å². The minimum absolute atomic E-state index is 0.552. The molecule has 0 aliphatic heterocycles. The van der Waals surface area contributed by atoms with Crippen molar-refractivity contribution >= 4 is 22.9 Å². The first-order chi connectivity index (χ1) is 5.86. The fourth-order valence-corrected chi connectivity index (χ4v) is 1.64. The van der Waals surface area contributed by atoms with E-state index in [4.69, 9.17) is 11.6 Å². The highest BCUT2D eigenvalue weighted by molar-refractivity contribution is 7.14. The Balaban J connectivity index is 2.45. The van der Waals surface area contributed by atoms with Gasteiger partial charge < -0.3 is 0 Å². The van der Waals surface area contributed by atoms with Crippen LogP contribution in [0.4, 0.5) is 0 Å². The van der Waals surface area contributed by atoms with E-state index >= 15 is 0 Å². The van der Waals surface area contributed by atoms with Crippen LogP contribution in [0.3, 0.4) is 0 Å². The van der Waals surface area contributed by atoms with Gasteiger partial charge in [0.05, 0.1) is 5.69 Å². The minimum atomic E-state index is 0.552. The third-order valence-electron chi connectivity index (χ3n) is 1.40. The molecule has 60 valence electrons. The molecular formula is C8H5ClN2S. The van der Waals surface area contributed by atoms with E-state index in [2.05, 4.69) is 9.97 Å². The van der Waals surface area contributed by atoms with Crippen molar-refractivity contribution in [3.8, 4) is 11.4 Å². The smallest absolute Gasteiger partial charge is 0.184 e. The van der Waals surface area contributed by atoms with Gasteiger partial charge in [0.1, 0.15) is 5.69 Å². The largest absolute Gasteiger partial charge is 0.255 e. The average Bonchev–Trinajstić information content (AvgIpc) is 2.54. The second-order valence-corrected chi connectivity index (χ2v) is 3.64. The molecule has 0 aromatic carbocycles. The van der Waals surface area contributed by atoms with E-state index in [-0.39, 0.29) is 0 Å². The Morgan fingerprint density at radius 2 is 2.17 bits per heavy atom. The molecule has 2 aromatic rings. The molecule has 0 saturated carbocycles. The number of hydrogen-bond donors (Lipinski definition) is 0. The molecule has 2 rings (SSSR count).